The number of thiophene rings is 1. The molecule has 2 aromatic rings. The van der Waals surface area contributed by atoms with Crippen LogP contribution in [0.2, 0.25) is 0 Å². The van der Waals surface area contributed by atoms with Gasteiger partial charge in [0.25, 0.3) is 0 Å². The lowest BCUT2D eigenvalue weighted by Gasteiger charge is -2.10. The third kappa shape index (κ3) is 2.34. The molecule has 1 unspecified atom stereocenters. The van der Waals surface area contributed by atoms with Gasteiger partial charge in [0.1, 0.15) is 5.82 Å². The molecule has 1 aromatic heterocycles. The molecule has 4 heteroatoms. The molecule has 1 aromatic carbocycles. The number of hydrogen-bond donors (Lipinski definition) is 1. The van der Waals surface area contributed by atoms with Crippen molar-refractivity contribution in [2.75, 3.05) is 0 Å². The number of aryl methyl sites for hydroxylation is 1. The fraction of sp³-hybridized carbons (Fsp3) is 0.167. The summed E-state index contributed by atoms with van der Waals surface area (Å²) in [7, 11) is 0. The van der Waals surface area contributed by atoms with Gasteiger partial charge in [-0.1, -0.05) is 12.1 Å². The van der Waals surface area contributed by atoms with Gasteiger partial charge in [0.05, 0.1) is 9.83 Å². The molecule has 0 aliphatic heterocycles. The van der Waals surface area contributed by atoms with Crippen LogP contribution < -0.4 is 5.73 Å². The molecular weight excluding hydrogens is 289 g/mol. The van der Waals surface area contributed by atoms with Crippen LogP contribution in [-0.2, 0) is 0 Å². The third-order valence-corrected chi connectivity index (χ3v) is 4.16. The first kappa shape index (κ1) is 11.8. The van der Waals surface area contributed by atoms with Gasteiger partial charge in [0.15, 0.2) is 0 Å². The quantitative estimate of drug-likeness (QED) is 0.891. The molecule has 0 aliphatic rings. The maximum atomic E-state index is 13.4. The molecule has 1 heterocycles. The van der Waals surface area contributed by atoms with Crippen molar-refractivity contribution in [3.8, 4) is 0 Å². The average molecular weight is 300 g/mol. The first-order chi connectivity index (χ1) is 7.58. The predicted octanol–water partition coefficient (Wildman–Crippen LogP) is 4.01. The highest BCUT2D eigenvalue weighted by molar-refractivity contribution is 9.11. The highest BCUT2D eigenvalue weighted by atomic mass is 79.9. The SMILES string of the molecule is Cc1ccc(C(N)c2ccc(Br)s2)cc1F. The van der Waals surface area contributed by atoms with Gasteiger partial charge < -0.3 is 5.73 Å². The van der Waals surface area contributed by atoms with Crippen molar-refractivity contribution in [2.24, 2.45) is 5.73 Å². The third-order valence-electron chi connectivity index (χ3n) is 2.46. The molecule has 0 saturated carbocycles. The van der Waals surface area contributed by atoms with Crippen LogP contribution in [0.4, 0.5) is 4.39 Å². The predicted molar refractivity (Wildman–Crippen MR) is 69.2 cm³/mol. The summed E-state index contributed by atoms with van der Waals surface area (Å²) in [6.45, 7) is 1.74. The van der Waals surface area contributed by atoms with Gasteiger partial charge in [-0.15, -0.1) is 11.3 Å². The molecule has 1 nitrogen and oxygen atoms in total. The van der Waals surface area contributed by atoms with E-state index < -0.39 is 0 Å². The van der Waals surface area contributed by atoms with Gasteiger partial charge in [-0.25, -0.2) is 4.39 Å². The number of hydrogen-bond acceptors (Lipinski definition) is 2. The maximum Gasteiger partial charge on any atom is 0.126 e. The van der Waals surface area contributed by atoms with Gasteiger partial charge in [0, 0.05) is 4.88 Å². The Morgan fingerprint density at radius 3 is 2.62 bits per heavy atom. The van der Waals surface area contributed by atoms with Crippen LogP contribution in [0.25, 0.3) is 0 Å². The molecule has 1 atom stereocenters. The van der Waals surface area contributed by atoms with Gasteiger partial charge in [-0.3, -0.25) is 0 Å². The smallest absolute Gasteiger partial charge is 0.126 e. The van der Waals surface area contributed by atoms with E-state index in [4.69, 9.17) is 5.73 Å². The standard InChI is InChI=1S/C12H11BrFNS/c1-7-2-3-8(6-9(7)14)12(15)10-4-5-11(13)16-10/h2-6,12H,15H2,1H3. The Kier molecular flexibility index (Phi) is 3.42. The van der Waals surface area contributed by atoms with Crippen molar-refractivity contribution in [2.45, 2.75) is 13.0 Å². The molecule has 0 bridgehead atoms. The Morgan fingerprint density at radius 1 is 1.31 bits per heavy atom. The molecule has 2 N–H and O–H groups in total. The Morgan fingerprint density at radius 2 is 2.06 bits per heavy atom. The zero-order chi connectivity index (χ0) is 11.7. The minimum Gasteiger partial charge on any atom is -0.320 e. The summed E-state index contributed by atoms with van der Waals surface area (Å²) in [5.41, 5.74) is 7.52. The molecule has 0 fully saturated rings. The Balaban J connectivity index is 2.33. The second-order valence-electron chi connectivity index (χ2n) is 3.63. The number of benzene rings is 1. The van der Waals surface area contributed by atoms with E-state index in [1.165, 1.54) is 6.07 Å². The Hall–Kier alpha value is -0.710. The van der Waals surface area contributed by atoms with Crippen molar-refractivity contribution >= 4 is 27.3 Å². The highest BCUT2D eigenvalue weighted by Gasteiger charge is 2.12. The van der Waals surface area contributed by atoms with Crippen LogP contribution in [0.3, 0.4) is 0 Å². The topological polar surface area (TPSA) is 26.0 Å². The lowest BCUT2D eigenvalue weighted by atomic mass is 10.0. The van der Waals surface area contributed by atoms with E-state index in [2.05, 4.69) is 15.9 Å². The summed E-state index contributed by atoms with van der Waals surface area (Å²) in [4.78, 5) is 1.02. The van der Waals surface area contributed by atoms with Gasteiger partial charge in [0.2, 0.25) is 0 Å². The lowest BCUT2D eigenvalue weighted by molar-refractivity contribution is 0.614. The summed E-state index contributed by atoms with van der Waals surface area (Å²) in [6, 6.07) is 8.78. The van der Waals surface area contributed by atoms with Gasteiger partial charge in [-0.05, 0) is 52.2 Å². The van der Waals surface area contributed by atoms with Crippen LogP contribution in [0.1, 0.15) is 22.0 Å². The van der Waals surface area contributed by atoms with E-state index in [9.17, 15) is 4.39 Å². The summed E-state index contributed by atoms with van der Waals surface area (Å²) in [5, 5.41) is 0. The number of halogens is 2. The Labute approximate surface area is 106 Å². The van der Waals surface area contributed by atoms with Crippen LogP contribution in [-0.4, -0.2) is 0 Å². The normalized spacial score (nSPS) is 12.8. The highest BCUT2D eigenvalue weighted by Crippen LogP contribution is 2.30. The molecule has 0 spiro atoms. The van der Waals surface area contributed by atoms with Gasteiger partial charge in [-0.2, -0.15) is 0 Å². The van der Waals surface area contributed by atoms with E-state index in [1.807, 2.05) is 18.2 Å². The minimum atomic E-state index is -0.258. The molecule has 2 rings (SSSR count). The number of nitrogens with two attached hydrogens (primary N) is 1. The molecule has 0 saturated heterocycles. The van der Waals surface area contributed by atoms with E-state index in [1.54, 1.807) is 24.3 Å². The summed E-state index contributed by atoms with van der Waals surface area (Å²) >= 11 is 4.96. The monoisotopic (exact) mass is 299 g/mol. The van der Waals surface area contributed by atoms with Crippen molar-refractivity contribution in [1.82, 2.24) is 0 Å². The first-order valence-corrected chi connectivity index (χ1v) is 6.46. The fourth-order valence-electron chi connectivity index (χ4n) is 1.46. The largest absolute Gasteiger partial charge is 0.320 e. The van der Waals surface area contributed by atoms with Crippen molar-refractivity contribution < 1.29 is 4.39 Å². The van der Waals surface area contributed by atoms with Crippen LogP contribution in [0.5, 0.6) is 0 Å². The van der Waals surface area contributed by atoms with Crippen LogP contribution >= 0.6 is 27.3 Å². The molecular formula is C12H11BrFNS. The van der Waals surface area contributed by atoms with Crippen LogP contribution in [0.15, 0.2) is 34.1 Å². The van der Waals surface area contributed by atoms with E-state index >= 15 is 0 Å². The van der Waals surface area contributed by atoms with Crippen molar-refractivity contribution in [1.29, 1.82) is 0 Å². The van der Waals surface area contributed by atoms with E-state index in [-0.39, 0.29) is 11.9 Å². The summed E-state index contributed by atoms with van der Waals surface area (Å²) < 4.78 is 14.4. The maximum absolute atomic E-state index is 13.4. The zero-order valence-electron chi connectivity index (χ0n) is 8.71. The number of rotatable bonds is 2. The minimum absolute atomic E-state index is 0.205. The molecule has 0 radical (unpaired) electrons. The van der Waals surface area contributed by atoms with E-state index in [0.717, 1.165) is 14.2 Å². The lowest BCUT2D eigenvalue weighted by Crippen LogP contribution is -2.10. The Bertz CT molecular complexity index is 509. The second kappa shape index (κ2) is 4.65. The summed E-state index contributed by atoms with van der Waals surface area (Å²) in [5.74, 6) is -0.205. The molecule has 16 heavy (non-hydrogen) atoms. The van der Waals surface area contributed by atoms with Crippen LogP contribution in [0, 0.1) is 12.7 Å². The molecule has 0 aliphatic carbocycles. The molecule has 0 amide bonds. The first-order valence-electron chi connectivity index (χ1n) is 4.85. The zero-order valence-corrected chi connectivity index (χ0v) is 11.1. The summed E-state index contributed by atoms with van der Waals surface area (Å²) in [6.07, 6.45) is 0. The van der Waals surface area contributed by atoms with Crippen molar-refractivity contribution in [3.63, 3.8) is 0 Å². The van der Waals surface area contributed by atoms with E-state index in [0.29, 0.717) is 5.56 Å². The average Bonchev–Trinajstić information content (AvgIpc) is 2.68. The molecule has 84 valence electrons. The second-order valence-corrected chi connectivity index (χ2v) is 6.12. The van der Waals surface area contributed by atoms with Gasteiger partial charge >= 0.3 is 0 Å². The fourth-order valence-corrected chi connectivity index (χ4v) is 2.92. The van der Waals surface area contributed by atoms with Crippen molar-refractivity contribution in [3.05, 3.63) is 55.9 Å².